The van der Waals surface area contributed by atoms with Gasteiger partial charge < -0.3 is 5.73 Å². The first-order valence-electron chi connectivity index (χ1n) is 12.6. The smallest absolute Gasteiger partial charge is 0.156 e. The largest absolute Gasteiger partial charge is 0.399 e. The lowest BCUT2D eigenvalue weighted by Gasteiger charge is -2.54. The topological polar surface area (TPSA) is 60.2 Å². The van der Waals surface area contributed by atoms with E-state index in [4.69, 9.17) is 5.73 Å². The number of Topliss-reactive ketones (excluding diaryl/α,β-unsaturated/α-hetero) is 1. The molecule has 2 N–H and O–H groups in total. The summed E-state index contributed by atoms with van der Waals surface area (Å²) in [5.74, 6) is 8.39. The van der Waals surface area contributed by atoms with Crippen LogP contribution in [-0.4, -0.2) is 11.6 Å². The Morgan fingerprint density at radius 1 is 1.15 bits per heavy atom. The van der Waals surface area contributed by atoms with Gasteiger partial charge in [0.05, 0.1) is 5.41 Å². The molecule has 5 atom stereocenters. The zero-order chi connectivity index (χ0) is 23.4. The molecule has 33 heavy (non-hydrogen) atoms. The highest BCUT2D eigenvalue weighted by Gasteiger charge is 2.65. The molecule has 4 aliphatic carbocycles. The van der Waals surface area contributed by atoms with Gasteiger partial charge in [0, 0.05) is 24.4 Å². The van der Waals surface area contributed by atoms with Crippen LogP contribution in [0.2, 0.25) is 0 Å². The molecule has 5 rings (SSSR count). The second-order valence-corrected chi connectivity index (χ2v) is 10.8. The van der Waals surface area contributed by atoms with Gasteiger partial charge in [-0.05, 0) is 97.6 Å². The van der Waals surface area contributed by atoms with Gasteiger partial charge in [-0.1, -0.05) is 37.5 Å². The zero-order valence-corrected chi connectivity index (χ0v) is 20.2. The fourth-order valence-corrected chi connectivity index (χ4v) is 7.96. The molecule has 0 aromatic heterocycles. The van der Waals surface area contributed by atoms with E-state index in [9.17, 15) is 9.59 Å². The predicted octanol–water partition coefficient (Wildman–Crippen LogP) is 6.16. The number of hydrogen-bond donors (Lipinski definition) is 1. The number of anilines is 1. The number of carbonyl (C=O) groups is 2. The van der Waals surface area contributed by atoms with Crippen molar-refractivity contribution in [3.8, 4) is 11.8 Å². The first-order chi connectivity index (χ1) is 15.8. The molecule has 1 aromatic carbocycles. The molecular weight excluding hydrogens is 406 g/mol. The summed E-state index contributed by atoms with van der Waals surface area (Å²) in [6.07, 6.45) is 8.84. The Morgan fingerprint density at radius 2 is 1.91 bits per heavy atom. The van der Waals surface area contributed by atoms with Gasteiger partial charge in [0.1, 0.15) is 0 Å². The number of nitrogens with two attached hydrogens (primary N) is 1. The molecule has 0 amide bonds. The van der Waals surface area contributed by atoms with Crippen molar-refractivity contribution in [3.05, 3.63) is 52.6 Å². The number of benzene rings is 1. The molecule has 4 aliphatic rings. The molecule has 0 saturated heterocycles. The minimum absolute atomic E-state index is 0.157. The Balaban J connectivity index is 1.71. The third-order valence-corrected chi connectivity index (χ3v) is 9.40. The van der Waals surface area contributed by atoms with Crippen LogP contribution in [0.25, 0.3) is 0 Å². The van der Waals surface area contributed by atoms with Crippen LogP contribution < -0.4 is 5.73 Å². The fraction of sp³-hybridized carbons (Fsp3) is 0.533. The Bertz CT molecular complexity index is 1130. The Labute approximate surface area is 197 Å². The Kier molecular flexibility index (Phi) is 5.39. The summed E-state index contributed by atoms with van der Waals surface area (Å²) in [6.45, 7) is 6.23. The fourth-order valence-electron chi connectivity index (χ4n) is 7.96. The third-order valence-electron chi connectivity index (χ3n) is 9.40. The van der Waals surface area contributed by atoms with E-state index in [-0.39, 0.29) is 17.1 Å². The first kappa shape index (κ1) is 22.2. The summed E-state index contributed by atoms with van der Waals surface area (Å²) in [7, 11) is 0. The summed E-state index contributed by atoms with van der Waals surface area (Å²) in [5.41, 5.74) is 11.6. The summed E-state index contributed by atoms with van der Waals surface area (Å²) in [4.78, 5) is 25.7. The van der Waals surface area contributed by atoms with Gasteiger partial charge in [-0.15, -0.1) is 5.92 Å². The molecule has 0 unspecified atom stereocenters. The van der Waals surface area contributed by atoms with Gasteiger partial charge in [-0.3, -0.25) is 9.59 Å². The number of carbonyl (C=O) groups excluding carboxylic acids is 2. The van der Waals surface area contributed by atoms with Gasteiger partial charge in [0.15, 0.2) is 11.6 Å². The van der Waals surface area contributed by atoms with Crippen LogP contribution in [-0.2, 0) is 9.59 Å². The summed E-state index contributed by atoms with van der Waals surface area (Å²) in [6, 6.07) is 8.34. The van der Waals surface area contributed by atoms with E-state index in [1.54, 1.807) is 5.57 Å². The van der Waals surface area contributed by atoms with Crippen molar-refractivity contribution >= 4 is 17.3 Å². The van der Waals surface area contributed by atoms with Crippen LogP contribution in [0, 0.1) is 34.5 Å². The molecular formula is C30H35NO2. The molecule has 0 radical (unpaired) electrons. The highest BCUT2D eigenvalue weighted by Crippen LogP contribution is 2.69. The molecule has 3 nitrogen and oxygen atoms in total. The average molecular weight is 442 g/mol. The summed E-state index contributed by atoms with van der Waals surface area (Å²) >= 11 is 0. The highest BCUT2D eigenvalue weighted by atomic mass is 16.1. The van der Waals surface area contributed by atoms with Gasteiger partial charge in [0.25, 0.3) is 0 Å². The van der Waals surface area contributed by atoms with Gasteiger partial charge in [0.2, 0.25) is 0 Å². The van der Waals surface area contributed by atoms with Crippen molar-refractivity contribution in [2.75, 3.05) is 5.73 Å². The first-order valence-corrected chi connectivity index (χ1v) is 12.6. The van der Waals surface area contributed by atoms with Crippen LogP contribution in [0.15, 0.2) is 47.1 Å². The summed E-state index contributed by atoms with van der Waals surface area (Å²) in [5, 5.41) is 0. The molecule has 2 saturated carbocycles. The van der Waals surface area contributed by atoms with Crippen molar-refractivity contribution in [2.24, 2.45) is 22.7 Å². The highest BCUT2D eigenvalue weighted by molar-refractivity contribution is 5.93. The second-order valence-electron chi connectivity index (χ2n) is 10.8. The maximum atomic E-state index is 13.5. The van der Waals surface area contributed by atoms with Crippen molar-refractivity contribution in [2.45, 2.75) is 78.1 Å². The predicted molar refractivity (Wildman–Crippen MR) is 132 cm³/mol. The molecule has 0 aliphatic heterocycles. The third kappa shape index (κ3) is 3.17. The van der Waals surface area contributed by atoms with Gasteiger partial charge in [-0.25, -0.2) is 0 Å². The zero-order valence-electron chi connectivity index (χ0n) is 20.2. The second kappa shape index (κ2) is 8.01. The van der Waals surface area contributed by atoms with Crippen LogP contribution in [0.5, 0.6) is 0 Å². The average Bonchev–Trinajstić information content (AvgIpc) is 3.11. The molecule has 172 valence electrons. The lowest BCUT2D eigenvalue weighted by atomic mass is 9.48. The van der Waals surface area contributed by atoms with E-state index in [0.29, 0.717) is 30.5 Å². The number of rotatable bonds is 3. The van der Waals surface area contributed by atoms with E-state index >= 15 is 0 Å². The van der Waals surface area contributed by atoms with Gasteiger partial charge >= 0.3 is 0 Å². The van der Waals surface area contributed by atoms with Crippen LogP contribution in [0.3, 0.4) is 0 Å². The van der Waals surface area contributed by atoms with E-state index in [0.717, 1.165) is 44.2 Å². The normalized spacial score (nSPS) is 35.1. The lowest BCUT2D eigenvalue weighted by Crippen LogP contribution is -2.50. The number of nitrogen functional groups attached to an aromatic ring is 1. The van der Waals surface area contributed by atoms with Crippen LogP contribution in [0.1, 0.15) is 83.6 Å². The monoisotopic (exact) mass is 441 g/mol. The molecule has 1 aromatic rings. The van der Waals surface area contributed by atoms with E-state index < -0.39 is 5.41 Å². The van der Waals surface area contributed by atoms with Crippen molar-refractivity contribution in [3.63, 3.8) is 0 Å². The molecule has 0 spiro atoms. The van der Waals surface area contributed by atoms with Crippen LogP contribution in [0.4, 0.5) is 5.69 Å². The number of ketones is 2. The maximum Gasteiger partial charge on any atom is 0.156 e. The minimum Gasteiger partial charge on any atom is -0.399 e. The van der Waals surface area contributed by atoms with E-state index in [1.807, 2.05) is 32.1 Å². The quantitative estimate of drug-likeness (QED) is 0.451. The Hall–Kier alpha value is -2.60. The molecule has 0 bridgehead atoms. The minimum atomic E-state index is -0.554. The maximum absolute atomic E-state index is 13.5. The lowest BCUT2D eigenvalue weighted by molar-refractivity contribution is -0.132. The van der Waals surface area contributed by atoms with Crippen molar-refractivity contribution < 1.29 is 9.59 Å². The molecule has 3 heteroatoms. The van der Waals surface area contributed by atoms with Crippen molar-refractivity contribution in [1.29, 1.82) is 0 Å². The summed E-state index contributed by atoms with van der Waals surface area (Å²) < 4.78 is 0. The van der Waals surface area contributed by atoms with E-state index in [2.05, 4.69) is 30.9 Å². The molecule has 0 heterocycles. The SMILES string of the molecule is CC#C[C@]1(C(=O)CC)CC[C@H]2[C@@H]3CCC4=CC(=O)CCC4=C3[C@@H](c3ccc(N)cc3)C[C@@]21C. The van der Waals surface area contributed by atoms with Crippen LogP contribution >= 0.6 is 0 Å². The Morgan fingerprint density at radius 3 is 2.61 bits per heavy atom. The number of allylic oxidation sites excluding steroid dienone is 4. The number of hydrogen-bond acceptors (Lipinski definition) is 3. The van der Waals surface area contributed by atoms with Gasteiger partial charge in [-0.2, -0.15) is 0 Å². The molecule has 2 fully saturated rings. The number of fused-ring (bicyclic) bond motifs is 4. The standard InChI is InChI=1S/C30H35NO2/c1-4-15-30(27(33)5-2)16-14-26-24-12-8-20-17-22(32)11-13-23(20)28(24)25(18-29(26,30)3)19-6-9-21(31)10-7-19/h6-7,9-10,17,24-26H,5,8,11-14,16,18,31H2,1-3H3/t24-,25+,26-,29-,30+/m0/s1. The van der Waals surface area contributed by atoms with Crippen molar-refractivity contribution in [1.82, 2.24) is 0 Å². The van der Waals surface area contributed by atoms with E-state index in [1.165, 1.54) is 16.7 Å².